The predicted molar refractivity (Wildman–Crippen MR) is 45.2 cm³/mol. The van der Waals surface area contributed by atoms with Gasteiger partial charge in [-0.2, -0.15) is 0 Å². The Labute approximate surface area is 400 Å². The van der Waals surface area contributed by atoms with Crippen LogP contribution in [0.4, 0.5) is 0 Å². The molecule has 0 N–H and O–H groups in total. The van der Waals surface area contributed by atoms with Crippen LogP contribution in [0.5, 0.6) is 0 Å². The maximum atomic E-state index is 10.9. The molecule has 0 fully saturated rings. The van der Waals surface area contributed by atoms with Crippen LogP contribution in [0.1, 0.15) is 6.92 Å². The predicted octanol–water partition coefficient (Wildman–Crippen LogP) is -24.7. The molecule has 0 aliphatic heterocycles. The van der Waals surface area contributed by atoms with Crippen LogP contribution >= 0.6 is 15.2 Å². The van der Waals surface area contributed by atoms with Crippen LogP contribution in [0, 0.1) is 0 Å². The van der Waals surface area contributed by atoms with Gasteiger partial charge in [0.25, 0.3) is 0 Å². The van der Waals surface area contributed by atoms with Gasteiger partial charge in [0.1, 0.15) is 0 Å². The van der Waals surface area contributed by atoms with Crippen molar-refractivity contribution in [3.05, 3.63) is 0 Å². The molecule has 0 atom stereocenters. The summed E-state index contributed by atoms with van der Waals surface area (Å²) in [7, 11) is -12.4. The minimum absolute atomic E-state index is 0. The van der Waals surface area contributed by atoms with E-state index in [1.807, 2.05) is 0 Å². The van der Waals surface area contributed by atoms with Gasteiger partial charge in [-0.1, -0.05) is 0 Å². The maximum Gasteiger partial charge on any atom is 1.00 e. The fourth-order valence-electron chi connectivity index (χ4n) is 1.16. The molecule has 0 bridgehead atoms. The summed E-state index contributed by atoms with van der Waals surface area (Å²) in [5.41, 5.74) is 0. The Hall–Kier alpha value is 9.02. The molecule has 0 saturated heterocycles. The van der Waals surface area contributed by atoms with Gasteiger partial charge in [0.15, 0.2) is 0 Å². The summed E-state index contributed by atoms with van der Waals surface area (Å²) in [4.78, 5) is 64.1. The first-order valence-corrected chi connectivity index (χ1v) is 7.51. The first-order valence-electron chi connectivity index (χ1n) is 4.42. The molecular formula is C6H7K6NO10P2. The number of nitrogens with zero attached hydrogens (tertiary/aromatic N) is 1. The van der Waals surface area contributed by atoms with Gasteiger partial charge in [-0.3, -0.25) is 4.90 Å². The van der Waals surface area contributed by atoms with Crippen molar-refractivity contribution in [2.45, 2.75) is 11.9 Å². The number of carbonyl (C=O) groups is 2. The normalized spacial score (nSPS) is 10.3. The average Bonchev–Trinajstić information content (AvgIpc) is 2.09. The van der Waals surface area contributed by atoms with E-state index >= 15 is 0 Å². The van der Waals surface area contributed by atoms with Crippen LogP contribution in [0.2, 0.25) is 0 Å². The molecule has 0 aromatic rings. The van der Waals surface area contributed by atoms with Crippen molar-refractivity contribution in [3.63, 3.8) is 0 Å². The van der Waals surface area contributed by atoms with Gasteiger partial charge in [0, 0.05) is 13.1 Å². The second-order valence-electron chi connectivity index (χ2n) is 3.57. The Bertz CT molecular complexity index is 445. The van der Waals surface area contributed by atoms with Gasteiger partial charge in [-0.25, -0.2) is 0 Å². The number of carboxylic acids is 2. The Morgan fingerprint density at radius 3 is 1.08 bits per heavy atom. The smallest absolute Gasteiger partial charge is 0.809 e. The number of carbonyl (C=O) groups excluding carboxylic acids is 2. The second kappa shape index (κ2) is 23.4. The molecule has 25 heavy (non-hydrogen) atoms. The molecule has 0 rings (SSSR count). The summed E-state index contributed by atoms with van der Waals surface area (Å²) >= 11 is 0. The van der Waals surface area contributed by atoms with E-state index in [-0.39, 0.29) is 320 Å². The Morgan fingerprint density at radius 1 is 0.760 bits per heavy atom. The van der Waals surface area contributed by atoms with Gasteiger partial charge in [0.2, 0.25) is 0 Å². The van der Waals surface area contributed by atoms with Gasteiger partial charge in [-0.15, -0.1) is 0 Å². The summed E-state index contributed by atoms with van der Waals surface area (Å²) in [5.74, 6) is -4.18. The summed E-state index contributed by atoms with van der Waals surface area (Å²) in [6, 6.07) is 0. The molecule has 0 aliphatic carbocycles. The third-order valence-corrected chi connectivity index (χ3v) is 6.39. The molecule has 0 heterocycles. The zero-order valence-corrected chi connectivity index (χ0v) is 35.9. The molecule has 0 aromatic heterocycles. The van der Waals surface area contributed by atoms with E-state index in [2.05, 4.69) is 0 Å². The van der Waals surface area contributed by atoms with E-state index < -0.39 is 45.2 Å². The topological polar surface area (TPSA) is 210 Å². The molecule has 112 valence electrons. The van der Waals surface area contributed by atoms with Crippen molar-refractivity contribution >= 4 is 27.1 Å². The maximum absolute atomic E-state index is 10.9. The van der Waals surface area contributed by atoms with E-state index in [0.29, 0.717) is 0 Å². The van der Waals surface area contributed by atoms with Crippen molar-refractivity contribution in [3.8, 4) is 0 Å². The molecule has 0 aliphatic rings. The minimum Gasteiger partial charge on any atom is -0.809 e. The van der Waals surface area contributed by atoms with Gasteiger partial charge >= 0.3 is 308 Å². The number of carboxylic acid groups (broad SMARTS) is 2. The van der Waals surface area contributed by atoms with E-state index in [0.717, 1.165) is 0 Å². The second-order valence-corrected chi connectivity index (χ2v) is 7.65. The number of hydrogen-bond donors (Lipinski definition) is 0. The van der Waals surface area contributed by atoms with Crippen molar-refractivity contribution in [1.82, 2.24) is 4.90 Å². The first kappa shape index (κ1) is 50.8. The quantitative estimate of drug-likeness (QED) is 0.215. The standard InChI is InChI=1S/C6H13NO10P2.6K/c1-6(18(12,13)14,19(15,16)17)7(2-4(8)9)3-5(10)11;;;;;;/h2-3H2,1H3,(H,8,9)(H,10,11)(H2,12,13,14)(H2,15,16,17);;;;;;/q;6*+1/p-6. The fraction of sp³-hybridized carbons (Fsp3) is 0.667. The molecular weight excluding hydrogens is 543 g/mol. The summed E-state index contributed by atoms with van der Waals surface area (Å²) < 4.78 is 21.9. The largest absolute Gasteiger partial charge is 1.00 e. The third kappa shape index (κ3) is 18.9. The number of hydrogen-bond acceptors (Lipinski definition) is 11. The Kier molecular flexibility index (Phi) is 47.6. The van der Waals surface area contributed by atoms with Crippen LogP contribution in [0.25, 0.3) is 0 Å². The molecule has 19 heteroatoms. The zero-order chi connectivity index (χ0) is 15.6. The van der Waals surface area contributed by atoms with Crippen LogP contribution < -0.4 is 338 Å². The SMILES string of the molecule is CC(N(CC(=O)[O-])CC(=O)[O-])(P(=O)([O-])[O-])P(=O)([O-])[O-].[K+].[K+].[K+].[K+].[K+].[K+]. The van der Waals surface area contributed by atoms with Crippen LogP contribution in [0.15, 0.2) is 0 Å². The van der Waals surface area contributed by atoms with Crippen LogP contribution in [0.3, 0.4) is 0 Å². The minimum atomic E-state index is -6.22. The molecule has 0 unspecified atom stereocenters. The summed E-state index contributed by atoms with van der Waals surface area (Å²) in [6.07, 6.45) is 0. The zero-order valence-electron chi connectivity index (χ0n) is 15.3. The van der Waals surface area contributed by atoms with Gasteiger partial charge < -0.3 is 48.5 Å². The monoisotopic (exact) mass is 549 g/mol. The Balaban J connectivity index is -0.000000108. The summed E-state index contributed by atoms with van der Waals surface area (Å²) in [5, 5.41) is 16.9. The van der Waals surface area contributed by atoms with Gasteiger partial charge in [0.05, 0.1) is 17.0 Å². The van der Waals surface area contributed by atoms with Crippen molar-refractivity contribution in [2.24, 2.45) is 0 Å². The first-order chi connectivity index (χ1) is 8.23. The number of aliphatic carboxylic acids is 2. The average molecular weight is 550 g/mol. The fourth-order valence-corrected chi connectivity index (χ4v) is 3.34. The molecule has 0 aromatic carbocycles. The third-order valence-electron chi connectivity index (χ3n) is 2.28. The van der Waals surface area contributed by atoms with Crippen LogP contribution in [-0.2, 0) is 18.7 Å². The molecule has 11 nitrogen and oxygen atoms in total. The van der Waals surface area contributed by atoms with E-state index in [1.165, 1.54) is 0 Å². The molecule has 0 spiro atoms. The van der Waals surface area contributed by atoms with Gasteiger partial charge in [-0.05, 0) is 22.1 Å². The van der Waals surface area contributed by atoms with Crippen LogP contribution in [-0.4, -0.2) is 34.9 Å². The van der Waals surface area contributed by atoms with Crippen molar-refractivity contribution < 1.29 is 357 Å². The summed E-state index contributed by atoms with van der Waals surface area (Å²) in [6.45, 7) is -3.04. The van der Waals surface area contributed by atoms with E-state index in [1.54, 1.807) is 0 Å². The van der Waals surface area contributed by atoms with Crippen molar-refractivity contribution in [1.29, 1.82) is 0 Å². The van der Waals surface area contributed by atoms with E-state index in [9.17, 15) is 48.5 Å². The van der Waals surface area contributed by atoms with Crippen molar-refractivity contribution in [2.75, 3.05) is 13.1 Å². The molecule has 0 radical (unpaired) electrons. The van der Waals surface area contributed by atoms with E-state index in [4.69, 9.17) is 0 Å². The number of rotatable bonds is 7. The molecule has 0 amide bonds. The Morgan fingerprint density at radius 2 is 0.960 bits per heavy atom. The molecule has 0 saturated carbocycles.